The van der Waals surface area contributed by atoms with Gasteiger partial charge in [0.25, 0.3) is 0 Å². The summed E-state index contributed by atoms with van der Waals surface area (Å²) in [6, 6.07) is 0.656. The Kier molecular flexibility index (Phi) is 4.98. The van der Waals surface area contributed by atoms with E-state index in [0.29, 0.717) is 6.07 Å². The van der Waals surface area contributed by atoms with Gasteiger partial charge in [0.05, 0.1) is 10.9 Å². The maximum Gasteiger partial charge on any atom is 0.577 e. The van der Waals surface area contributed by atoms with Crippen LogP contribution in [0.2, 0.25) is 5.02 Å². The molecule has 3 rings (SSSR count). The van der Waals surface area contributed by atoms with Crippen LogP contribution < -0.4 is 5.43 Å². The Hall–Kier alpha value is -2.03. The van der Waals surface area contributed by atoms with Gasteiger partial charge in [-0.3, -0.25) is 13.4 Å². The first-order valence-electron chi connectivity index (χ1n) is 6.31. The Morgan fingerprint density at radius 3 is 2.39 bits per heavy atom. The van der Waals surface area contributed by atoms with Gasteiger partial charge in [-0.05, 0) is 18.9 Å². The van der Waals surface area contributed by atoms with Crippen LogP contribution in [0.1, 0.15) is 29.2 Å². The van der Waals surface area contributed by atoms with Crippen LogP contribution in [0.3, 0.4) is 0 Å². The minimum atomic E-state index is -1.41. The molecule has 0 bridgehead atoms. The van der Waals surface area contributed by atoms with Crippen molar-refractivity contribution in [2.75, 3.05) is 0 Å². The lowest BCUT2D eigenvalue weighted by molar-refractivity contribution is 0.0695. The molecule has 1 aromatic carbocycles. The van der Waals surface area contributed by atoms with Gasteiger partial charge in [0, 0.05) is 12.2 Å². The Morgan fingerprint density at radius 2 is 1.91 bits per heavy atom. The molecule has 4 nitrogen and oxygen atoms in total. The van der Waals surface area contributed by atoms with Gasteiger partial charge >= 0.3 is 13.8 Å². The molecule has 1 fully saturated rings. The number of carbonyl (C=O) groups is 1. The van der Waals surface area contributed by atoms with Crippen LogP contribution in [0.4, 0.5) is 17.4 Å². The molecule has 1 saturated carbocycles. The zero-order valence-corrected chi connectivity index (χ0v) is 12.1. The molecule has 0 aliphatic heterocycles. The summed E-state index contributed by atoms with van der Waals surface area (Å²) in [5.41, 5.74) is -1.31. The fraction of sp³-hybridized carbons (Fsp3) is 0.231. The molecule has 1 aliphatic carbocycles. The average Bonchev–Trinajstić information content (AvgIpc) is 3.31. The van der Waals surface area contributed by atoms with Gasteiger partial charge in [0.15, 0.2) is 11.6 Å². The number of aromatic carboxylic acids is 1. The summed E-state index contributed by atoms with van der Waals surface area (Å²) in [4.78, 5) is 23.1. The molecule has 0 atom stereocenters. The number of halogens is 5. The summed E-state index contributed by atoms with van der Waals surface area (Å²) in [7, 11) is -1.00. The number of carboxylic acids is 1. The number of carboxylic acid groups (broad SMARTS) is 1. The van der Waals surface area contributed by atoms with Crippen molar-refractivity contribution in [3.05, 3.63) is 44.7 Å². The highest BCUT2D eigenvalue weighted by Gasteiger charge is 2.29. The van der Waals surface area contributed by atoms with Crippen molar-refractivity contribution in [3.63, 3.8) is 0 Å². The predicted octanol–water partition coefficient (Wildman–Crippen LogP) is 3.43. The van der Waals surface area contributed by atoms with Crippen molar-refractivity contribution in [3.8, 4) is 0 Å². The second kappa shape index (κ2) is 6.61. The second-order valence-electron chi connectivity index (χ2n) is 4.78. The third-order valence-electron chi connectivity index (χ3n) is 3.32. The third-order valence-corrected chi connectivity index (χ3v) is 3.67. The monoisotopic (exact) mass is 348 g/mol. The number of nitrogens with zero attached hydrogens (tertiary/aromatic N) is 1. The van der Waals surface area contributed by atoms with Gasteiger partial charge in [-0.1, -0.05) is 11.6 Å². The largest absolute Gasteiger partial charge is 0.577 e. The standard InChI is InChI=1S/C13H8ClF2NO3.BF2/c14-9-10(16)8(15)3-6-11(9)17(5-1-2-5)4-7(12(6)18)13(19)20;2-1-3/h3-5H,1-2H2,(H,19,20);. The van der Waals surface area contributed by atoms with Crippen LogP contribution in [0.15, 0.2) is 17.1 Å². The Morgan fingerprint density at radius 1 is 1.35 bits per heavy atom. The first kappa shape index (κ1) is 17.3. The number of rotatable bonds is 2. The minimum absolute atomic E-state index is 0.0430. The second-order valence-corrected chi connectivity index (χ2v) is 5.16. The minimum Gasteiger partial charge on any atom is -0.477 e. The highest BCUT2D eigenvalue weighted by molar-refractivity contribution is 6.35. The number of aromatic nitrogens is 1. The molecule has 1 radical (unpaired) electrons. The summed E-state index contributed by atoms with van der Waals surface area (Å²) in [6.45, 7) is 0. The van der Waals surface area contributed by atoms with Crippen molar-refractivity contribution >= 4 is 36.3 Å². The lowest BCUT2D eigenvalue weighted by Crippen LogP contribution is -2.19. The van der Waals surface area contributed by atoms with Gasteiger partial charge in [-0.25, -0.2) is 13.6 Å². The lowest BCUT2D eigenvalue weighted by Gasteiger charge is -2.13. The van der Waals surface area contributed by atoms with Crippen molar-refractivity contribution < 1.29 is 27.3 Å². The van der Waals surface area contributed by atoms with Gasteiger partial charge in [0.2, 0.25) is 5.43 Å². The molecular weight excluding hydrogens is 340 g/mol. The number of hydrogen-bond donors (Lipinski definition) is 1. The van der Waals surface area contributed by atoms with Gasteiger partial charge in [-0.2, -0.15) is 0 Å². The van der Waals surface area contributed by atoms with Crippen LogP contribution in [0.25, 0.3) is 10.9 Å². The summed E-state index contributed by atoms with van der Waals surface area (Å²) >= 11 is 5.79. The van der Waals surface area contributed by atoms with Crippen LogP contribution in [-0.2, 0) is 0 Å². The van der Waals surface area contributed by atoms with E-state index < -0.39 is 41.5 Å². The Bertz CT molecular complexity index is 838. The molecule has 0 spiro atoms. The quantitative estimate of drug-likeness (QED) is 0.514. The van der Waals surface area contributed by atoms with Crippen LogP contribution >= 0.6 is 11.6 Å². The van der Waals surface area contributed by atoms with E-state index in [4.69, 9.17) is 16.7 Å². The molecule has 1 aliphatic rings. The van der Waals surface area contributed by atoms with Gasteiger partial charge in [0.1, 0.15) is 10.6 Å². The number of pyridine rings is 1. The van der Waals surface area contributed by atoms with Gasteiger partial charge < -0.3 is 9.67 Å². The molecule has 10 heteroatoms. The maximum absolute atomic E-state index is 13.6. The summed E-state index contributed by atoms with van der Waals surface area (Å²) in [6.07, 6.45) is 2.69. The Labute approximate surface area is 132 Å². The summed E-state index contributed by atoms with van der Waals surface area (Å²) in [5, 5.41) is 8.31. The van der Waals surface area contributed by atoms with Crippen molar-refractivity contribution in [1.29, 1.82) is 0 Å². The summed E-state index contributed by atoms with van der Waals surface area (Å²) in [5.74, 6) is -3.92. The molecule has 23 heavy (non-hydrogen) atoms. The molecule has 0 amide bonds. The molecule has 1 N–H and O–H groups in total. The zero-order valence-electron chi connectivity index (χ0n) is 11.3. The maximum atomic E-state index is 13.6. The van der Waals surface area contributed by atoms with E-state index >= 15 is 0 Å². The summed E-state index contributed by atoms with van der Waals surface area (Å²) < 4.78 is 47.4. The number of benzene rings is 1. The predicted molar refractivity (Wildman–Crippen MR) is 76.3 cm³/mol. The molecule has 1 heterocycles. The zero-order chi connectivity index (χ0) is 17.3. The molecule has 0 unspecified atom stereocenters. The molecule has 121 valence electrons. The molecular formula is C13H8BClF4NO3. The van der Waals surface area contributed by atoms with E-state index in [1.54, 1.807) is 0 Å². The number of hydrogen-bond acceptors (Lipinski definition) is 2. The van der Waals surface area contributed by atoms with E-state index in [2.05, 4.69) is 0 Å². The fourth-order valence-electron chi connectivity index (χ4n) is 2.21. The van der Waals surface area contributed by atoms with Crippen LogP contribution in [0.5, 0.6) is 0 Å². The van der Waals surface area contributed by atoms with E-state index in [-0.39, 0.29) is 16.9 Å². The van der Waals surface area contributed by atoms with Gasteiger partial charge in [-0.15, -0.1) is 0 Å². The highest BCUT2D eigenvalue weighted by Crippen LogP contribution is 2.39. The average molecular weight is 348 g/mol. The molecule has 2 aromatic rings. The lowest BCUT2D eigenvalue weighted by atomic mass is 10.1. The fourth-order valence-corrected chi connectivity index (χ4v) is 2.50. The normalized spacial score (nSPS) is 13.4. The van der Waals surface area contributed by atoms with Crippen LogP contribution in [-0.4, -0.2) is 23.5 Å². The third kappa shape index (κ3) is 3.19. The first-order chi connectivity index (χ1) is 10.8. The molecule has 1 aromatic heterocycles. The van der Waals surface area contributed by atoms with Crippen molar-refractivity contribution in [2.24, 2.45) is 0 Å². The first-order valence-corrected chi connectivity index (χ1v) is 6.69. The smallest absolute Gasteiger partial charge is 0.477 e. The number of fused-ring (bicyclic) bond motifs is 1. The Balaban J connectivity index is 0.000000595. The van der Waals surface area contributed by atoms with Crippen molar-refractivity contribution in [1.82, 2.24) is 4.57 Å². The van der Waals surface area contributed by atoms with E-state index in [1.165, 1.54) is 4.57 Å². The van der Waals surface area contributed by atoms with E-state index in [0.717, 1.165) is 19.0 Å². The van der Waals surface area contributed by atoms with E-state index in [1.807, 2.05) is 0 Å². The van der Waals surface area contributed by atoms with Crippen LogP contribution in [0, 0.1) is 11.6 Å². The topological polar surface area (TPSA) is 59.3 Å². The highest BCUT2D eigenvalue weighted by atomic mass is 35.5. The molecule has 0 saturated heterocycles. The van der Waals surface area contributed by atoms with Crippen molar-refractivity contribution in [2.45, 2.75) is 18.9 Å². The SMILES string of the molecule is F[B]F.O=C(O)c1cn(C2CC2)c2c(Cl)c(F)c(F)cc2c1=O. The van der Waals surface area contributed by atoms with E-state index in [9.17, 15) is 27.0 Å².